The molecule has 2 heterocycles. The highest BCUT2D eigenvalue weighted by Gasteiger charge is 2.36. The molecule has 1 aromatic carbocycles. The van der Waals surface area contributed by atoms with Crippen LogP contribution in [0.25, 0.3) is 0 Å². The molecule has 1 saturated carbocycles. The number of aliphatic imine (C=N–C) groups is 1. The summed E-state index contributed by atoms with van der Waals surface area (Å²) in [4.78, 5) is 6.51. The van der Waals surface area contributed by atoms with Gasteiger partial charge in [0.1, 0.15) is 25.2 Å². The number of hydrogen-bond acceptors (Lipinski definition) is 5. The van der Waals surface area contributed by atoms with Gasteiger partial charge in [0.15, 0.2) is 17.5 Å². The molecule has 1 aliphatic carbocycles. The van der Waals surface area contributed by atoms with Crippen molar-refractivity contribution in [2.24, 2.45) is 4.99 Å². The molecule has 0 bridgehead atoms. The van der Waals surface area contributed by atoms with E-state index in [1.165, 1.54) is 18.4 Å². The number of fused-ring (bicyclic) bond motifs is 1. The lowest BCUT2D eigenvalue weighted by atomic mass is 9.78. The second-order valence-corrected chi connectivity index (χ2v) is 7.59. The van der Waals surface area contributed by atoms with E-state index in [9.17, 15) is 0 Å². The number of hydrogen-bond donors (Lipinski definition) is 1. The molecule has 0 radical (unpaired) electrons. The van der Waals surface area contributed by atoms with Crippen LogP contribution >= 0.6 is 0 Å². The smallest absolute Gasteiger partial charge is 0.193 e. The van der Waals surface area contributed by atoms with Gasteiger partial charge in [-0.1, -0.05) is 24.1 Å². The molecular weight excluding hydrogens is 356 g/mol. The Balaban J connectivity index is 1.48. The second-order valence-electron chi connectivity index (χ2n) is 7.59. The summed E-state index contributed by atoms with van der Waals surface area (Å²) >= 11 is 0. The van der Waals surface area contributed by atoms with E-state index in [1.54, 1.807) is 6.26 Å². The fraction of sp³-hybridized carbons (Fsp3) is 0.524. The van der Waals surface area contributed by atoms with Gasteiger partial charge >= 0.3 is 0 Å². The van der Waals surface area contributed by atoms with Gasteiger partial charge < -0.3 is 24.2 Å². The van der Waals surface area contributed by atoms with E-state index in [2.05, 4.69) is 38.6 Å². The van der Waals surface area contributed by atoms with Gasteiger partial charge in [0.2, 0.25) is 0 Å². The number of nitrogens with zero attached hydrogens (tertiary/aromatic N) is 3. The predicted molar refractivity (Wildman–Crippen MR) is 107 cm³/mol. The fourth-order valence-electron chi connectivity index (χ4n) is 4.26. The normalized spacial score (nSPS) is 18.1. The Labute approximate surface area is 165 Å². The van der Waals surface area contributed by atoms with Crippen LogP contribution in [-0.4, -0.2) is 49.9 Å². The highest BCUT2D eigenvalue weighted by atomic mass is 16.6. The molecule has 0 amide bonds. The third kappa shape index (κ3) is 3.79. The number of aromatic nitrogens is 1. The van der Waals surface area contributed by atoms with E-state index in [0.29, 0.717) is 19.8 Å². The average molecular weight is 384 g/mol. The van der Waals surface area contributed by atoms with E-state index < -0.39 is 0 Å². The zero-order valence-electron chi connectivity index (χ0n) is 16.6. The Morgan fingerprint density at radius 3 is 2.68 bits per heavy atom. The third-order valence-corrected chi connectivity index (χ3v) is 5.76. The van der Waals surface area contributed by atoms with E-state index in [-0.39, 0.29) is 5.41 Å². The number of nitrogens with one attached hydrogen (secondary N) is 1. The molecule has 1 fully saturated rings. The summed E-state index contributed by atoms with van der Waals surface area (Å²) in [5.41, 5.74) is 2.28. The van der Waals surface area contributed by atoms with Crippen molar-refractivity contribution in [2.45, 2.75) is 37.6 Å². The predicted octanol–water partition coefficient (Wildman–Crippen LogP) is 2.97. The molecule has 150 valence electrons. The minimum Gasteiger partial charge on any atom is -0.486 e. The minimum absolute atomic E-state index is 0.0838. The largest absolute Gasteiger partial charge is 0.486 e. The quantitative estimate of drug-likeness (QED) is 0.631. The lowest BCUT2D eigenvalue weighted by Gasteiger charge is -2.33. The van der Waals surface area contributed by atoms with Crippen molar-refractivity contribution >= 4 is 5.96 Å². The van der Waals surface area contributed by atoms with Gasteiger partial charge in [-0.05, 0) is 30.5 Å². The molecule has 4 rings (SSSR count). The van der Waals surface area contributed by atoms with Crippen LogP contribution in [0.5, 0.6) is 11.5 Å². The summed E-state index contributed by atoms with van der Waals surface area (Å²) in [5.74, 6) is 2.56. The van der Waals surface area contributed by atoms with E-state index >= 15 is 0 Å². The third-order valence-electron chi connectivity index (χ3n) is 5.76. The fourth-order valence-corrected chi connectivity index (χ4v) is 4.26. The van der Waals surface area contributed by atoms with Crippen molar-refractivity contribution < 1.29 is 14.0 Å². The van der Waals surface area contributed by atoms with Crippen molar-refractivity contribution in [1.29, 1.82) is 0 Å². The Morgan fingerprint density at radius 1 is 1.18 bits per heavy atom. The lowest BCUT2D eigenvalue weighted by Crippen LogP contribution is -2.45. The van der Waals surface area contributed by atoms with E-state index in [1.807, 2.05) is 20.2 Å². The number of rotatable bonds is 5. The molecule has 2 aliphatic rings. The lowest BCUT2D eigenvalue weighted by molar-refractivity contribution is 0.171. The number of benzene rings is 1. The molecule has 0 atom stereocenters. The van der Waals surface area contributed by atoms with E-state index in [4.69, 9.17) is 14.0 Å². The van der Waals surface area contributed by atoms with Gasteiger partial charge in [0, 0.05) is 32.1 Å². The van der Waals surface area contributed by atoms with Crippen LogP contribution in [0.3, 0.4) is 0 Å². The van der Waals surface area contributed by atoms with Crippen LogP contribution < -0.4 is 14.8 Å². The van der Waals surface area contributed by atoms with Crippen LogP contribution in [0, 0.1) is 0 Å². The van der Waals surface area contributed by atoms with Crippen LogP contribution in [0.15, 0.2) is 40.0 Å². The molecule has 2 aromatic rings. The first-order chi connectivity index (χ1) is 13.7. The van der Waals surface area contributed by atoms with Crippen LogP contribution in [-0.2, 0) is 12.0 Å². The first kappa shape index (κ1) is 18.7. The van der Waals surface area contributed by atoms with Crippen molar-refractivity contribution in [1.82, 2.24) is 15.4 Å². The van der Waals surface area contributed by atoms with Crippen molar-refractivity contribution in [3.05, 3.63) is 41.8 Å². The second kappa shape index (κ2) is 8.12. The Bertz CT molecular complexity index is 813. The SMILES string of the molecule is CN=C(NCC1(c2ccc3c(c2)OCCO3)CCCC1)N(C)Cc1ccon1. The highest BCUT2D eigenvalue weighted by molar-refractivity contribution is 5.79. The van der Waals surface area contributed by atoms with E-state index in [0.717, 1.165) is 42.5 Å². The molecule has 28 heavy (non-hydrogen) atoms. The van der Waals surface area contributed by atoms with Gasteiger partial charge in [-0.2, -0.15) is 0 Å². The van der Waals surface area contributed by atoms with Crippen LogP contribution in [0.4, 0.5) is 0 Å². The van der Waals surface area contributed by atoms with Crippen LogP contribution in [0.1, 0.15) is 36.9 Å². The molecule has 1 aliphatic heterocycles. The maximum atomic E-state index is 5.82. The van der Waals surface area contributed by atoms with Gasteiger partial charge in [-0.3, -0.25) is 4.99 Å². The van der Waals surface area contributed by atoms with Gasteiger partial charge in [-0.15, -0.1) is 0 Å². The first-order valence-corrected chi connectivity index (χ1v) is 9.91. The monoisotopic (exact) mass is 384 g/mol. The van der Waals surface area contributed by atoms with Gasteiger partial charge in [0.25, 0.3) is 0 Å². The molecule has 0 unspecified atom stereocenters. The summed E-state index contributed by atoms with van der Waals surface area (Å²) in [6.07, 6.45) is 6.38. The number of ether oxygens (including phenoxy) is 2. The topological polar surface area (TPSA) is 72.1 Å². The van der Waals surface area contributed by atoms with Crippen molar-refractivity contribution in [3.8, 4) is 11.5 Å². The molecule has 7 nitrogen and oxygen atoms in total. The molecule has 1 N–H and O–H groups in total. The zero-order chi connectivity index (χ0) is 19.4. The van der Waals surface area contributed by atoms with Crippen molar-refractivity contribution in [3.63, 3.8) is 0 Å². The summed E-state index contributed by atoms with van der Waals surface area (Å²) in [7, 11) is 3.82. The minimum atomic E-state index is 0.0838. The molecule has 7 heteroatoms. The molecule has 0 spiro atoms. The Hall–Kier alpha value is -2.70. The summed E-state index contributed by atoms with van der Waals surface area (Å²) in [6.45, 7) is 2.71. The summed E-state index contributed by atoms with van der Waals surface area (Å²) in [5, 5.41) is 7.58. The molecule has 0 saturated heterocycles. The first-order valence-electron chi connectivity index (χ1n) is 9.91. The van der Waals surface area contributed by atoms with Gasteiger partial charge in [-0.25, -0.2) is 0 Å². The zero-order valence-corrected chi connectivity index (χ0v) is 16.6. The molecule has 1 aromatic heterocycles. The Morgan fingerprint density at radius 2 is 1.96 bits per heavy atom. The van der Waals surface area contributed by atoms with Gasteiger partial charge in [0.05, 0.1) is 6.54 Å². The standard InChI is InChI=1S/C21H28N4O3/c1-22-20(25(2)14-17-7-10-28-24-17)23-15-21(8-3-4-9-21)16-5-6-18-19(13-16)27-12-11-26-18/h5-7,10,13H,3-4,8-9,11-12,14-15H2,1-2H3,(H,22,23). The maximum absolute atomic E-state index is 5.82. The summed E-state index contributed by atoms with van der Waals surface area (Å²) in [6, 6.07) is 8.29. The summed E-state index contributed by atoms with van der Waals surface area (Å²) < 4.78 is 16.4. The number of guanidine groups is 1. The maximum Gasteiger partial charge on any atom is 0.193 e. The van der Waals surface area contributed by atoms with Crippen molar-refractivity contribution in [2.75, 3.05) is 33.9 Å². The Kier molecular flexibility index (Phi) is 5.41. The highest BCUT2D eigenvalue weighted by Crippen LogP contribution is 2.43. The molecular formula is C21H28N4O3. The van der Waals surface area contributed by atoms with Crippen LogP contribution in [0.2, 0.25) is 0 Å². The average Bonchev–Trinajstić information content (AvgIpc) is 3.41.